The summed E-state index contributed by atoms with van der Waals surface area (Å²) in [6.07, 6.45) is 10.3. The van der Waals surface area contributed by atoms with Crippen LogP contribution in [0.4, 0.5) is 5.69 Å². The van der Waals surface area contributed by atoms with E-state index >= 15 is 0 Å². The number of rotatable bonds is 4. The topological polar surface area (TPSA) is 45.7 Å². The molecule has 6 heteroatoms. The molecule has 0 spiro atoms. The Morgan fingerprint density at radius 3 is 2.25 bits per heavy atom. The zero-order valence-electron chi connectivity index (χ0n) is 25.1. The molecule has 224 valence electrons. The molecule has 4 fully saturated rings. The van der Waals surface area contributed by atoms with E-state index in [-0.39, 0.29) is 18.4 Å². The first-order chi connectivity index (χ1) is 21.2. The Morgan fingerprint density at radius 1 is 0.841 bits per heavy atom. The van der Waals surface area contributed by atoms with Crippen molar-refractivity contribution in [2.45, 2.75) is 82.5 Å². The second-order valence-corrected chi connectivity index (χ2v) is 13.0. The molecule has 0 amide bonds. The molecule has 0 unspecified atom stereocenters. The summed E-state index contributed by atoms with van der Waals surface area (Å²) in [5.74, 6) is 0.617. The van der Waals surface area contributed by atoms with Gasteiger partial charge in [0.1, 0.15) is 11.3 Å². The van der Waals surface area contributed by atoms with Crippen molar-refractivity contribution in [1.29, 1.82) is 0 Å². The van der Waals surface area contributed by atoms with E-state index in [0.29, 0.717) is 36.3 Å². The van der Waals surface area contributed by atoms with Crippen LogP contribution in [0.5, 0.6) is 0 Å². The average molecular weight is 605 g/mol. The van der Waals surface area contributed by atoms with Crippen molar-refractivity contribution < 1.29 is 26.4 Å². The minimum absolute atomic E-state index is 0. The lowest BCUT2D eigenvalue weighted by atomic mass is 9.88. The molecule has 5 heterocycles. The van der Waals surface area contributed by atoms with Gasteiger partial charge in [0.2, 0.25) is 5.36 Å². The summed E-state index contributed by atoms with van der Waals surface area (Å²) in [7, 11) is 0. The van der Waals surface area contributed by atoms with Crippen molar-refractivity contribution in [2.75, 3.05) is 11.5 Å². The van der Waals surface area contributed by atoms with Crippen LogP contribution in [-0.4, -0.2) is 36.7 Å². The van der Waals surface area contributed by atoms with E-state index in [2.05, 4.69) is 70.1 Å². The number of nitrogens with zero attached hydrogens (tertiary/aromatic N) is 2. The third-order valence-electron chi connectivity index (χ3n) is 10.9. The van der Waals surface area contributed by atoms with Crippen LogP contribution in [0.2, 0.25) is 0 Å². The van der Waals surface area contributed by atoms with Gasteiger partial charge in [-0.1, -0.05) is 30.3 Å². The van der Waals surface area contributed by atoms with Crippen molar-refractivity contribution in [3.05, 3.63) is 83.7 Å². The maximum absolute atomic E-state index is 13.2. The van der Waals surface area contributed by atoms with Gasteiger partial charge in [0, 0.05) is 77.5 Å². The molecule has 3 aromatic rings. The Bertz CT molecular complexity index is 1930. The largest absolute Gasteiger partial charge is 1.00 e. The maximum Gasteiger partial charge on any atom is 0.338 e. The Balaban J connectivity index is 0.00000289. The number of benzene rings is 4. The summed E-state index contributed by atoms with van der Waals surface area (Å²) in [6, 6.07) is 28.5. The molecule has 4 saturated heterocycles. The quantitative estimate of drug-likeness (QED) is 0.169. The van der Waals surface area contributed by atoms with Crippen LogP contribution in [0.3, 0.4) is 0 Å². The number of hydrogen-bond donors (Lipinski definition) is 0. The van der Waals surface area contributed by atoms with Crippen LogP contribution in [0.1, 0.15) is 68.6 Å². The van der Waals surface area contributed by atoms with Gasteiger partial charge in [-0.05, 0) is 67.8 Å². The molecule has 6 aliphatic rings. The molecule has 0 saturated carbocycles. The summed E-state index contributed by atoms with van der Waals surface area (Å²) < 4.78 is 15.1. The molecule has 0 aromatic heterocycles. The number of carbonyl (C=O) groups is 1. The fourth-order valence-electron chi connectivity index (χ4n) is 9.08. The molecule has 0 atom stereocenters. The van der Waals surface area contributed by atoms with Gasteiger partial charge in [-0.2, -0.15) is 0 Å². The van der Waals surface area contributed by atoms with E-state index in [9.17, 15) is 4.79 Å². The highest BCUT2D eigenvalue weighted by molar-refractivity contribution is 6.15. The molecule has 0 N–H and O–H groups in total. The van der Waals surface area contributed by atoms with Gasteiger partial charge in [0.15, 0.2) is 12.1 Å². The van der Waals surface area contributed by atoms with E-state index in [0.717, 1.165) is 44.2 Å². The van der Waals surface area contributed by atoms with E-state index in [1.54, 1.807) is 0 Å². The fraction of sp³-hybridized carbons (Fsp3) is 0.368. The molecular weight excluding hydrogens is 568 g/mol. The van der Waals surface area contributed by atoms with Crippen molar-refractivity contribution in [3.8, 4) is 22.5 Å². The lowest BCUT2D eigenvalue weighted by Crippen LogP contribution is -3.00. The first-order valence-corrected chi connectivity index (χ1v) is 16.3. The first kappa shape index (κ1) is 27.7. The summed E-state index contributed by atoms with van der Waals surface area (Å²) in [5.41, 5.74) is 6.00. The van der Waals surface area contributed by atoms with Crippen LogP contribution in [0.15, 0.2) is 77.2 Å². The van der Waals surface area contributed by atoms with Crippen molar-refractivity contribution >= 4 is 33.4 Å². The van der Waals surface area contributed by atoms with E-state index in [1.165, 1.54) is 62.4 Å². The van der Waals surface area contributed by atoms with Crippen molar-refractivity contribution in [2.24, 2.45) is 0 Å². The summed E-state index contributed by atoms with van der Waals surface area (Å²) in [5, 5.41) is 4.30. The summed E-state index contributed by atoms with van der Waals surface area (Å²) in [6.45, 7) is 2.20. The molecule has 44 heavy (non-hydrogen) atoms. The normalized spacial score (nSPS) is 23.7. The molecule has 5 aliphatic heterocycles. The second-order valence-electron chi connectivity index (χ2n) is 13.0. The van der Waals surface area contributed by atoms with Crippen LogP contribution in [0.25, 0.3) is 44.2 Å². The predicted octanol–water partition coefficient (Wildman–Crippen LogP) is 4.77. The number of anilines is 1. The van der Waals surface area contributed by atoms with Gasteiger partial charge in [-0.3, -0.25) is 0 Å². The van der Waals surface area contributed by atoms with Gasteiger partial charge < -0.3 is 26.5 Å². The summed E-state index contributed by atoms with van der Waals surface area (Å²) >= 11 is 0. The minimum Gasteiger partial charge on any atom is -1.00 e. The molecule has 1 aliphatic carbocycles. The molecule has 4 bridgehead atoms. The van der Waals surface area contributed by atoms with Crippen LogP contribution in [0, 0.1) is 0 Å². The van der Waals surface area contributed by atoms with Gasteiger partial charge in [-0.15, -0.1) is 0 Å². The highest BCUT2D eigenvalue weighted by atomic mass is 35.5. The predicted molar refractivity (Wildman–Crippen MR) is 172 cm³/mol. The number of fused-ring (bicyclic) bond motifs is 7. The van der Waals surface area contributed by atoms with E-state index in [4.69, 9.17) is 9.15 Å². The SMILES string of the molecule is CCOC(=O)c1cccc2cccc(-c3c4ccc(=[N+]5C6CCC5CC6)cc-4oc4cc(N5C6CCC5CC6)ccc34)c12.[Cl-]. The highest BCUT2D eigenvalue weighted by Crippen LogP contribution is 2.46. The van der Waals surface area contributed by atoms with E-state index < -0.39 is 0 Å². The van der Waals surface area contributed by atoms with Crippen LogP contribution in [-0.2, 0) is 4.74 Å². The maximum atomic E-state index is 13.2. The lowest BCUT2D eigenvalue weighted by Gasteiger charge is -2.25. The Labute approximate surface area is 263 Å². The van der Waals surface area contributed by atoms with E-state index in [1.807, 2.05) is 19.1 Å². The molecule has 5 nitrogen and oxygen atoms in total. The summed E-state index contributed by atoms with van der Waals surface area (Å²) in [4.78, 5) is 15.9. The van der Waals surface area contributed by atoms with Gasteiger partial charge in [-0.25, -0.2) is 9.37 Å². The van der Waals surface area contributed by atoms with Gasteiger partial charge in [0.05, 0.1) is 18.2 Å². The number of carbonyl (C=O) groups excluding carboxylic acids is 1. The first-order valence-electron chi connectivity index (χ1n) is 16.3. The number of halogens is 1. The molecule has 0 radical (unpaired) electrons. The number of ether oxygens (including phenoxy) is 1. The number of hydrogen-bond acceptors (Lipinski definition) is 4. The van der Waals surface area contributed by atoms with Gasteiger partial charge >= 0.3 is 5.97 Å². The third kappa shape index (κ3) is 4.12. The zero-order valence-corrected chi connectivity index (χ0v) is 25.9. The minimum atomic E-state index is -0.284. The Morgan fingerprint density at radius 2 is 1.55 bits per heavy atom. The Hall–Kier alpha value is -3.83. The second kappa shape index (κ2) is 10.7. The fourth-order valence-corrected chi connectivity index (χ4v) is 9.08. The standard InChI is InChI=1S/C38H37N2O3.ClH/c1-2-42-38(41)33-8-4-6-23-5-3-7-32(36(23)33)37-30-19-17-28(39-24-9-10-25(39)12-11-24)21-34(30)43-35-22-29(18-20-31(35)37)40-26-13-14-27(40)16-15-26;/h3-8,17-22,24-27H,2,9-16H2,1H3;1H/q+1;/p-1. The monoisotopic (exact) mass is 604 g/mol. The van der Waals surface area contributed by atoms with Crippen molar-refractivity contribution in [1.82, 2.24) is 4.58 Å². The zero-order chi connectivity index (χ0) is 28.7. The smallest absolute Gasteiger partial charge is 0.338 e. The van der Waals surface area contributed by atoms with Crippen LogP contribution < -0.4 is 27.2 Å². The molecular formula is C38H37ClN2O3. The van der Waals surface area contributed by atoms with Crippen LogP contribution >= 0.6 is 0 Å². The Kier molecular flexibility index (Phi) is 6.71. The third-order valence-corrected chi connectivity index (χ3v) is 10.9. The number of esters is 1. The molecule has 9 rings (SSSR count). The lowest BCUT2D eigenvalue weighted by molar-refractivity contribution is -0.0000268. The average Bonchev–Trinajstić information content (AvgIpc) is 3.84. The molecule has 3 aromatic carbocycles. The van der Waals surface area contributed by atoms with Crippen molar-refractivity contribution in [3.63, 3.8) is 0 Å². The highest BCUT2D eigenvalue weighted by Gasteiger charge is 2.44. The van der Waals surface area contributed by atoms with Gasteiger partial charge in [0.25, 0.3) is 0 Å².